The zero-order chi connectivity index (χ0) is 46.1. The molecule has 2 saturated heterocycles. The van der Waals surface area contributed by atoms with Gasteiger partial charge in [-0.05, 0) is 82.9 Å². The lowest BCUT2D eigenvalue weighted by molar-refractivity contribution is -0.138. The van der Waals surface area contributed by atoms with Crippen LogP contribution in [0.2, 0.25) is 0 Å². The van der Waals surface area contributed by atoms with Crippen molar-refractivity contribution in [2.45, 2.75) is 135 Å². The Morgan fingerprint density at radius 2 is 1.51 bits per heavy atom. The van der Waals surface area contributed by atoms with Crippen LogP contribution in [-0.4, -0.2) is 127 Å². The molecule has 2 aromatic carbocycles. The Kier molecular flexibility index (Phi) is 14.1. The molecule has 4 aromatic rings. The molecule has 2 aliphatic heterocycles. The number of carbonyl (C=O) groups excluding carboxylic acids is 5. The van der Waals surface area contributed by atoms with E-state index in [1.807, 2.05) is 0 Å². The summed E-state index contributed by atoms with van der Waals surface area (Å²) in [6, 6.07) is 3.74. The van der Waals surface area contributed by atoms with Crippen LogP contribution >= 0.6 is 0 Å². The van der Waals surface area contributed by atoms with Crippen molar-refractivity contribution in [2.75, 3.05) is 20.1 Å². The molecule has 0 bridgehead atoms. The number of rotatable bonds is 14. The summed E-state index contributed by atoms with van der Waals surface area (Å²) >= 11 is 0. The number of fused-ring (bicyclic) bond motifs is 2. The highest BCUT2D eigenvalue weighted by Crippen LogP contribution is 2.37. The van der Waals surface area contributed by atoms with Crippen LogP contribution in [0.5, 0.6) is 0 Å². The summed E-state index contributed by atoms with van der Waals surface area (Å²) in [5.41, 5.74) is 1.21. The molecule has 7 atom stereocenters. The zero-order valence-electron chi connectivity index (χ0n) is 36.9. The average Bonchev–Trinajstić information content (AvgIpc) is 3.99. The van der Waals surface area contributed by atoms with E-state index in [9.17, 15) is 32.8 Å². The number of benzene rings is 2. The van der Waals surface area contributed by atoms with E-state index in [-0.39, 0.29) is 63.1 Å². The van der Waals surface area contributed by atoms with Crippen molar-refractivity contribution < 1.29 is 46.3 Å². The van der Waals surface area contributed by atoms with E-state index in [1.54, 1.807) is 52.2 Å². The van der Waals surface area contributed by atoms with Gasteiger partial charge < -0.3 is 34.7 Å². The Labute approximate surface area is 364 Å². The second kappa shape index (κ2) is 19.0. The van der Waals surface area contributed by atoms with Crippen LogP contribution < -0.4 is 10.6 Å². The molecule has 63 heavy (non-hydrogen) atoms. The number of aromatic nitrogens is 3. The summed E-state index contributed by atoms with van der Waals surface area (Å²) in [5, 5.41) is 5.98. The Bertz CT molecular complexity index is 2360. The molecule has 0 unspecified atom stereocenters. The van der Waals surface area contributed by atoms with Crippen molar-refractivity contribution in [1.82, 2.24) is 39.9 Å². The first kappa shape index (κ1) is 46.8. The summed E-state index contributed by atoms with van der Waals surface area (Å²) in [4.78, 5) is 78.5. The van der Waals surface area contributed by atoms with Gasteiger partial charge in [0.1, 0.15) is 47.7 Å². The number of amides is 5. The maximum absolute atomic E-state index is 15.5. The van der Waals surface area contributed by atoms with E-state index in [0.717, 1.165) is 4.90 Å². The van der Waals surface area contributed by atoms with Crippen LogP contribution in [0.25, 0.3) is 33.5 Å². The van der Waals surface area contributed by atoms with Crippen LogP contribution in [0.1, 0.15) is 79.7 Å². The molecule has 2 aliphatic rings. The van der Waals surface area contributed by atoms with Crippen molar-refractivity contribution in [3.8, 4) is 11.5 Å². The lowest BCUT2D eigenvalue weighted by Crippen LogP contribution is -2.55. The number of nitrogens with one attached hydrogen (secondary N) is 3. The third-order valence-corrected chi connectivity index (χ3v) is 11.9. The first-order chi connectivity index (χ1) is 29.7. The molecular formula is C45H57F4N8O6. The van der Waals surface area contributed by atoms with E-state index in [2.05, 4.69) is 15.6 Å². The third kappa shape index (κ3) is 10.3. The van der Waals surface area contributed by atoms with E-state index in [4.69, 9.17) is 9.72 Å². The van der Waals surface area contributed by atoms with Gasteiger partial charge in [0.15, 0.2) is 5.82 Å². The fourth-order valence-electron chi connectivity index (χ4n) is 8.47. The number of likely N-dealkylation sites (tertiary alicyclic amines) is 2. The van der Waals surface area contributed by atoms with Crippen molar-refractivity contribution in [2.24, 2.45) is 0 Å². The van der Waals surface area contributed by atoms with Crippen LogP contribution in [0, 0.1) is 18.1 Å². The maximum atomic E-state index is 15.5. The zero-order valence-corrected chi connectivity index (χ0v) is 36.9. The molecule has 0 aliphatic carbocycles. The van der Waals surface area contributed by atoms with Crippen LogP contribution in [0.15, 0.2) is 36.4 Å². The molecule has 14 nitrogen and oxygen atoms in total. The van der Waals surface area contributed by atoms with E-state index in [0.29, 0.717) is 27.7 Å². The predicted octanol–water partition coefficient (Wildman–Crippen LogP) is 6.15. The molecule has 0 spiro atoms. The molecule has 4 heterocycles. The van der Waals surface area contributed by atoms with Crippen LogP contribution in [-0.2, 0) is 36.9 Å². The number of hydrogen-bond donors (Lipinski definition) is 3. The summed E-state index contributed by atoms with van der Waals surface area (Å²) in [6.07, 6.45) is -1.75. The number of alkyl halides is 2. The Hall–Kier alpha value is -5.68. The molecule has 5 amide bonds. The number of likely N-dealkylation sites (N-methyl/N-ethyl adjacent to an activating group) is 1. The number of ether oxygens (including phenoxy) is 1. The largest absolute Gasteiger partial charge is 0.444 e. The number of H-pyrrole nitrogens is 1. The monoisotopic (exact) mass is 881 g/mol. The van der Waals surface area contributed by atoms with Gasteiger partial charge in [-0.3, -0.25) is 24.1 Å². The highest BCUT2D eigenvalue weighted by Gasteiger charge is 2.42. The van der Waals surface area contributed by atoms with Crippen molar-refractivity contribution in [3.63, 3.8) is 0 Å². The highest BCUT2D eigenvalue weighted by molar-refractivity contribution is 5.94. The number of halogens is 4. The predicted molar refractivity (Wildman–Crippen MR) is 229 cm³/mol. The quantitative estimate of drug-likeness (QED) is 0.128. The molecule has 18 heteroatoms. The SMILES string of the molecule is C[CH]C(=O)N[C@@H](CC)C(=O)N1C[C@@H](F)C[C@H]1Cc1c(-c2nc3cc(F)ccc3n2C[C@@H]2C[C@H](F)CN2C(=O)[C@H](CC)NC(=O)[C@H](C)N(C)C(=O)OC(C)(C)C)[nH]c2cc(F)ccc12. The van der Waals surface area contributed by atoms with Crippen molar-refractivity contribution in [1.29, 1.82) is 0 Å². The summed E-state index contributed by atoms with van der Waals surface area (Å²) in [6.45, 7) is 11.1. The lowest BCUT2D eigenvalue weighted by Gasteiger charge is -2.31. The average molecular weight is 882 g/mol. The van der Waals surface area contributed by atoms with E-state index in [1.165, 1.54) is 60.5 Å². The smallest absolute Gasteiger partial charge is 0.410 e. The van der Waals surface area contributed by atoms with Gasteiger partial charge in [-0.2, -0.15) is 0 Å². The van der Waals surface area contributed by atoms with E-state index < -0.39 is 89.5 Å². The minimum absolute atomic E-state index is 0.00675. The maximum Gasteiger partial charge on any atom is 0.410 e. The third-order valence-electron chi connectivity index (χ3n) is 11.9. The van der Waals surface area contributed by atoms with Gasteiger partial charge in [-0.25, -0.2) is 27.3 Å². The highest BCUT2D eigenvalue weighted by atomic mass is 19.1. The molecule has 6 rings (SSSR count). The second-order valence-electron chi connectivity index (χ2n) is 17.5. The topological polar surface area (TPSA) is 162 Å². The van der Waals surface area contributed by atoms with Gasteiger partial charge in [-0.1, -0.05) is 20.8 Å². The minimum Gasteiger partial charge on any atom is -0.444 e. The molecule has 341 valence electrons. The van der Waals surface area contributed by atoms with Crippen LogP contribution in [0.3, 0.4) is 0 Å². The summed E-state index contributed by atoms with van der Waals surface area (Å²) < 4.78 is 67.6. The van der Waals surface area contributed by atoms with Gasteiger partial charge in [0.2, 0.25) is 23.6 Å². The van der Waals surface area contributed by atoms with Gasteiger partial charge in [0.05, 0.1) is 35.9 Å². The number of hydrogen-bond acceptors (Lipinski definition) is 7. The summed E-state index contributed by atoms with van der Waals surface area (Å²) in [7, 11) is 1.41. The fraction of sp³-hybridized carbons (Fsp3) is 0.533. The fourth-order valence-corrected chi connectivity index (χ4v) is 8.47. The standard InChI is InChI=1S/C45H57F4N8O6/c1-9-33(50-38(58)11-3)42(60)55-21-27(48)16-29(55)20-32-31-14-12-25(46)18-35(31)51-39(32)40-52-36-19-26(47)13-15-37(36)57(40)23-30-17-28(49)22-56(30)43(61)34(10-2)53-41(59)24(4)54(8)44(62)63-45(5,6)7/h11-15,18-19,24,27-30,33-34,51H,9-10,16-17,20-23H2,1-8H3,(H,50,58)(H,53,59)/t24-,27-,28-,29-,30-,33-,34-/m0/s1. The van der Waals surface area contributed by atoms with Gasteiger partial charge in [0, 0.05) is 55.9 Å². The number of imidazole rings is 1. The van der Waals surface area contributed by atoms with Crippen molar-refractivity contribution >= 4 is 51.7 Å². The Balaban J connectivity index is 1.35. The van der Waals surface area contributed by atoms with Crippen molar-refractivity contribution in [3.05, 3.63) is 60.0 Å². The molecule has 2 fully saturated rings. The van der Waals surface area contributed by atoms with Crippen LogP contribution in [0.4, 0.5) is 22.4 Å². The number of nitrogens with zero attached hydrogens (tertiary/aromatic N) is 5. The van der Waals surface area contributed by atoms with Gasteiger partial charge in [0.25, 0.3) is 0 Å². The number of carbonyl (C=O) groups is 5. The lowest BCUT2D eigenvalue weighted by atomic mass is 9.99. The Morgan fingerprint density at radius 1 is 0.921 bits per heavy atom. The molecule has 1 radical (unpaired) electrons. The normalized spacial score (nSPS) is 20.5. The molecule has 0 saturated carbocycles. The summed E-state index contributed by atoms with van der Waals surface area (Å²) in [5.74, 6) is -2.88. The first-order valence-electron chi connectivity index (χ1n) is 21.4. The van der Waals surface area contributed by atoms with E-state index >= 15 is 8.78 Å². The first-order valence-corrected chi connectivity index (χ1v) is 21.4. The molecule has 2 aromatic heterocycles. The molecular weight excluding hydrogens is 825 g/mol. The second-order valence-corrected chi connectivity index (χ2v) is 17.5. The number of aromatic amines is 1. The Morgan fingerprint density at radius 3 is 2.13 bits per heavy atom. The minimum atomic E-state index is -1.42. The van der Waals surface area contributed by atoms with Gasteiger partial charge in [-0.15, -0.1) is 0 Å². The van der Waals surface area contributed by atoms with Gasteiger partial charge >= 0.3 is 6.09 Å². The molecule has 3 N–H and O–H groups in total.